The highest BCUT2D eigenvalue weighted by Crippen LogP contribution is 2.12. The van der Waals surface area contributed by atoms with Crippen molar-refractivity contribution < 1.29 is 9.13 Å². The summed E-state index contributed by atoms with van der Waals surface area (Å²) >= 11 is 0. The van der Waals surface area contributed by atoms with Crippen molar-refractivity contribution in [3.8, 4) is 0 Å². The van der Waals surface area contributed by atoms with Crippen LogP contribution >= 0.6 is 0 Å². The Morgan fingerprint density at radius 3 is 2.71 bits per heavy atom. The van der Waals surface area contributed by atoms with Gasteiger partial charge in [0.05, 0.1) is 6.61 Å². The molecule has 2 N–H and O–H groups in total. The number of ether oxygens (including phenoxy) is 1. The van der Waals surface area contributed by atoms with E-state index < -0.39 is 0 Å². The minimum Gasteiger partial charge on any atom is -0.380 e. The molecule has 0 radical (unpaired) electrons. The van der Waals surface area contributed by atoms with E-state index in [0.717, 1.165) is 5.56 Å². The smallest absolute Gasteiger partial charge is 0.128 e. The van der Waals surface area contributed by atoms with E-state index in [1.165, 1.54) is 6.07 Å². The molecule has 0 saturated carbocycles. The third-order valence-corrected chi connectivity index (χ3v) is 1.97. The Hall–Kier alpha value is -0.930. The van der Waals surface area contributed by atoms with Crippen molar-refractivity contribution in [3.63, 3.8) is 0 Å². The zero-order valence-electron chi connectivity index (χ0n) is 8.59. The highest BCUT2D eigenvalue weighted by Gasteiger charge is 2.04. The average molecular weight is 197 g/mol. The molecule has 1 aromatic carbocycles. The van der Waals surface area contributed by atoms with Gasteiger partial charge in [-0.05, 0) is 25.0 Å². The van der Waals surface area contributed by atoms with Gasteiger partial charge in [-0.15, -0.1) is 0 Å². The maximum absolute atomic E-state index is 13.4. The largest absolute Gasteiger partial charge is 0.380 e. The van der Waals surface area contributed by atoms with Gasteiger partial charge in [-0.25, -0.2) is 4.39 Å². The summed E-state index contributed by atoms with van der Waals surface area (Å²) in [6.45, 7) is 2.21. The highest BCUT2D eigenvalue weighted by molar-refractivity contribution is 5.24. The molecule has 0 aliphatic heterocycles. The lowest BCUT2D eigenvalue weighted by molar-refractivity contribution is 0.181. The molecule has 0 amide bonds. The van der Waals surface area contributed by atoms with Crippen molar-refractivity contribution in [2.24, 2.45) is 5.73 Å². The number of halogens is 1. The topological polar surface area (TPSA) is 35.2 Å². The van der Waals surface area contributed by atoms with E-state index in [1.807, 2.05) is 13.0 Å². The summed E-state index contributed by atoms with van der Waals surface area (Å²) in [4.78, 5) is 0. The van der Waals surface area contributed by atoms with Crippen molar-refractivity contribution in [1.82, 2.24) is 0 Å². The minimum atomic E-state index is -0.218. The number of nitrogens with two attached hydrogens (primary N) is 1. The summed E-state index contributed by atoms with van der Waals surface area (Å²) in [7, 11) is 1.55. The zero-order valence-corrected chi connectivity index (χ0v) is 8.59. The Balaban J connectivity index is 2.78. The van der Waals surface area contributed by atoms with Gasteiger partial charge in [0.1, 0.15) is 5.82 Å². The third kappa shape index (κ3) is 3.09. The first-order valence-corrected chi connectivity index (χ1v) is 4.65. The van der Waals surface area contributed by atoms with Gasteiger partial charge in [-0.3, -0.25) is 0 Å². The number of methoxy groups -OCH3 is 1. The molecule has 0 fully saturated rings. The molecule has 14 heavy (non-hydrogen) atoms. The van der Waals surface area contributed by atoms with Crippen LogP contribution in [-0.2, 0) is 17.8 Å². The number of hydrogen-bond acceptors (Lipinski definition) is 2. The molecular formula is C11H16FNO. The highest BCUT2D eigenvalue weighted by atomic mass is 19.1. The normalized spacial score (nSPS) is 12.9. The first-order chi connectivity index (χ1) is 6.63. The van der Waals surface area contributed by atoms with Crippen molar-refractivity contribution in [3.05, 3.63) is 35.1 Å². The van der Waals surface area contributed by atoms with Crippen LogP contribution in [0.25, 0.3) is 0 Å². The van der Waals surface area contributed by atoms with Crippen LogP contribution in [0.5, 0.6) is 0 Å². The number of hydrogen-bond donors (Lipinski definition) is 1. The van der Waals surface area contributed by atoms with Crippen LogP contribution in [0.3, 0.4) is 0 Å². The van der Waals surface area contributed by atoms with Crippen molar-refractivity contribution in [1.29, 1.82) is 0 Å². The van der Waals surface area contributed by atoms with E-state index in [-0.39, 0.29) is 11.9 Å². The molecule has 1 atom stereocenters. The SMILES string of the molecule is COCc1ccc(CC(C)N)cc1F. The molecule has 0 saturated heterocycles. The number of benzene rings is 1. The van der Waals surface area contributed by atoms with E-state index in [9.17, 15) is 4.39 Å². The molecule has 3 heteroatoms. The van der Waals surface area contributed by atoms with Crippen LogP contribution in [0, 0.1) is 5.82 Å². The fourth-order valence-corrected chi connectivity index (χ4v) is 1.36. The summed E-state index contributed by atoms with van der Waals surface area (Å²) < 4.78 is 18.2. The van der Waals surface area contributed by atoms with E-state index in [1.54, 1.807) is 13.2 Å². The van der Waals surface area contributed by atoms with E-state index in [4.69, 9.17) is 10.5 Å². The van der Waals surface area contributed by atoms with Gasteiger partial charge in [0.25, 0.3) is 0 Å². The summed E-state index contributed by atoms with van der Waals surface area (Å²) in [5.41, 5.74) is 7.14. The molecule has 1 rings (SSSR count). The number of rotatable bonds is 4. The quantitative estimate of drug-likeness (QED) is 0.799. The molecule has 1 aromatic rings. The molecule has 78 valence electrons. The average Bonchev–Trinajstić information content (AvgIpc) is 2.09. The van der Waals surface area contributed by atoms with Gasteiger partial charge < -0.3 is 10.5 Å². The molecule has 0 aliphatic carbocycles. The second-order valence-corrected chi connectivity index (χ2v) is 3.54. The van der Waals surface area contributed by atoms with E-state index in [0.29, 0.717) is 18.6 Å². The van der Waals surface area contributed by atoms with E-state index >= 15 is 0 Å². The Kier molecular flexibility index (Phi) is 4.04. The maximum Gasteiger partial charge on any atom is 0.128 e. The Morgan fingerprint density at radius 2 is 2.21 bits per heavy atom. The van der Waals surface area contributed by atoms with Gasteiger partial charge >= 0.3 is 0 Å². The van der Waals surface area contributed by atoms with Crippen molar-refractivity contribution in [2.45, 2.75) is 26.0 Å². The summed E-state index contributed by atoms with van der Waals surface area (Å²) in [5.74, 6) is -0.218. The lowest BCUT2D eigenvalue weighted by atomic mass is 10.1. The molecule has 0 heterocycles. The lowest BCUT2D eigenvalue weighted by Crippen LogP contribution is -2.17. The molecule has 0 aromatic heterocycles. The molecule has 2 nitrogen and oxygen atoms in total. The van der Waals surface area contributed by atoms with Gasteiger partial charge in [0.15, 0.2) is 0 Å². The Bertz CT molecular complexity index is 299. The molecule has 1 unspecified atom stereocenters. The summed E-state index contributed by atoms with van der Waals surface area (Å²) in [6.07, 6.45) is 0.699. The van der Waals surface area contributed by atoms with Gasteiger partial charge in [-0.1, -0.05) is 12.1 Å². The van der Waals surface area contributed by atoms with Crippen LogP contribution in [0.2, 0.25) is 0 Å². The van der Waals surface area contributed by atoms with Crippen molar-refractivity contribution in [2.75, 3.05) is 7.11 Å². The second kappa shape index (κ2) is 5.08. The third-order valence-electron chi connectivity index (χ3n) is 1.97. The fourth-order valence-electron chi connectivity index (χ4n) is 1.36. The Morgan fingerprint density at radius 1 is 1.50 bits per heavy atom. The molecular weight excluding hydrogens is 181 g/mol. The zero-order chi connectivity index (χ0) is 10.6. The molecule has 0 aliphatic rings. The lowest BCUT2D eigenvalue weighted by Gasteiger charge is -2.07. The maximum atomic E-state index is 13.4. The monoisotopic (exact) mass is 197 g/mol. The first kappa shape index (κ1) is 11.1. The summed E-state index contributed by atoms with van der Waals surface area (Å²) in [6, 6.07) is 5.22. The second-order valence-electron chi connectivity index (χ2n) is 3.54. The standard InChI is InChI=1S/C11H16FNO/c1-8(13)5-9-3-4-10(7-14-2)11(12)6-9/h3-4,6,8H,5,7,13H2,1-2H3. The molecule has 0 bridgehead atoms. The van der Waals surface area contributed by atoms with Crippen LogP contribution in [0.4, 0.5) is 4.39 Å². The van der Waals surface area contributed by atoms with Gasteiger partial charge in [-0.2, -0.15) is 0 Å². The first-order valence-electron chi connectivity index (χ1n) is 4.65. The Labute approximate surface area is 83.9 Å². The van der Waals surface area contributed by atoms with Crippen LogP contribution in [0.1, 0.15) is 18.1 Å². The predicted octanol–water partition coefficient (Wildman–Crippen LogP) is 1.86. The predicted molar refractivity (Wildman–Crippen MR) is 54.5 cm³/mol. The minimum absolute atomic E-state index is 0.0580. The van der Waals surface area contributed by atoms with E-state index in [2.05, 4.69) is 0 Å². The van der Waals surface area contributed by atoms with Crippen LogP contribution in [-0.4, -0.2) is 13.2 Å². The van der Waals surface area contributed by atoms with Crippen LogP contribution < -0.4 is 5.73 Å². The van der Waals surface area contributed by atoms with Gasteiger partial charge in [0.2, 0.25) is 0 Å². The molecule has 0 spiro atoms. The van der Waals surface area contributed by atoms with Gasteiger partial charge in [0, 0.05) is 18.7 Å². The van der Waals surface area contributed by atoms with Crippen LogP contribution in [0.15, 0.2) is 18.2 Å². The van der Waals surface area contributed by atoms with Crippen molar-refractivity contribution >= 4 is 0 Å². The fraction of sp³-hybridized carbons (Fsp3) is 0.455. The summed E-state index contributed by atoms with van der Waals surface area (Å²) in [5, 5.41) is 0.